The van der Waals surface area contributed by atoms with E-state index < -0.39 is 16.1 Å². The summed E-state index contributed by atoms with van der Waals surface area (Å²) in [5.41, 5.74) is 0.691. The smallest absolute Gasteiger partial charge is 0.290 e. The van der Waals surface area contributed by atoms with Crippen LogP contribution in [0.25, 0.3) is 0 Å². The van der Waals surface area contributed by atoms with Gasteiger partial charge in [-0.3, -0.25) is 14.3 Å². The SMILES string of the molecule is COc1cc(NC(=O)C2CCCN2C(=O)c2ccco2)ccc1NS(C)(=O)=O. The maximum Gasteiger partial charge on any atom is 0.290 e. The van der Waals surface area contributed by atoms with Gasteiger partial charge >= 0.3 is 0 Å². The van der Waals surface area contributed by atoms with Gasteiger partial charge in [0, 0.05) is 18.3 Å². The van der Waals surface area contributed by atoms with Crippen LogP contribution < -0.4 is 14.8 Å². The number of methoxy groups -OCH3 is 1. The molecular formula is C18H21N3O6S. The number of benzene rings is 1. The molecule has 1 aromatic heterocycles. The number of hydrogen-bond acceptors (Lipinski definition) is 6. The summed E-state index contributed by atoms with van der Waals surface area (Å²) in [6, 6.07) is 7.14. The summed E-state index contributed by atoms with van der Waals surface area (Å²) in [4.78, 5) is 26.7. The monoisotopic (exact) mass is 407 g/mol. The van der Waals surface area contributed by atoms with Crippen LogP contribution in [-0.2, 0) is 14.8 Å². The minimum absolute atomic E-state index is 0.192. The molecule has 2 amide bonds. The highest BCUT2D eigenvalue weighted by molar-refractivity contribution is 7.92. The molecule has 2 N–H and O–H groups in total. The third-order valence-electron chi connectivity index (χ3n) is 4.31. The van der Waals surface area contributed by atoms with Crippen LogP contribution in [0, 0.1) is 0 Å². The second kappa shape index (κ2) is 7.93. The summed E-state index contributed by atoms with van der Waals surface area (Å²) in [7, 11) is -2.07. The molecule has 0 bridgehead atoms. The molecule has 150 valence electrons. The van der Waals surface area contributed by atoms with Gasteiger partial charge < -0.3 is 19.4 Å². The van der Waals surface area contributed by atoms with Gasteiger partial charge in [-0.2, -0.15) is 0 Å². The molecule has 28 heavy (non-hydrogen) atoms. The van der Waals surface area contributed by atoms with Crippen molar-refractivity contribution in [2.24, 2.45) is 0 Å². The Hall–Kier alpha value is -3.01. The lowest BCUT2D eigenvalue weighted by atomic mass is 10.2. The first-order valence-electron chi connectivity index (χ1n) is 8.59. The number of amides is 2. The zero-order chi connectivity index (χ0) is 20.3. The van der Waals surface area contributed by atoms with Crippen LogP contribution in [0.4, 0.5) is 11.4 Å². The molecule has 10 heteroatoms. The maximum atomic E-state index is 12.7. The Morgan fingerprint density at radius 3 is 2.71 bits per heavy atom. The molecule has 3 rings (SSSR count). The number of rotatable bonds is 6. The van der Waals surface area contributed by atoms with Crippen LogP contribution >= 0.6 is 0 Å². The van der Waals surface area contributed by atoms with Crippen LogP contribution in [0.2, 0.25) is 0 Å². The fourth-order valence-corrected chi connectivity index (χ4v) is 3.67. The Balaban J connectivity index is 1.74. The third kappa shape index (κ3) is 4.45. The predicted octanol–water partition coefficient (Wildman–Crippen LogP) is 1.90. The van der Waals surface area contributed by atoms with E-state index in [0.717, 1.165) is 6.26 Å². The Labute approximate surface area is 162 Å². The molecule has 2 aromatic rings. The first-order valence-corrected chi connectivity index (χ1v) is 10.5. The lowest BCUT2D eigenvalue weighted by molar-refractivity contribution is -0.119. The minimum atomic E-state index is -3.47. The minimum Gasteiger partial charge on any atom is -0.494 e. The summed E-state index contributed by atoms with van der Waals surface area (Å²) >= 11 is 0. The number of carbonyl (C=O) groups is 2. The van der Waals surface area contributed by atoms with Crippen molar-refractivity contribution in [2.75, 3.05) is 29.9 Å². The second-order valence-corrected chi connectivity index (χ2v) is 8.16. The Morgan fingerprint density at radius 2 is 2.07 bits per heavy atom. The summed E-state index contributed by atoms with van der Waals surface area (Å²) in [6.07, 6.45) is 3.71. The van der Waals surface area contributed by atoms with E-state index in [1.165, 1.54) is 30.4 Å². The van der Waals surface area contributed by atoms with Crippen LogP contribution in [-0.4, -0.2) is 51.1 Å². The Morgan fingerprint density at radius 1 is 1.29 bits per heavy atom. The summed E-state index contributed by atoms with van der Waals surface area (Å²) < 4.78 is 35.5. The Kier molecular flexibility index (Phi) is 5.59. The van der Waals surface area contributed by atoms with Gasteiger partial charge in [0.25, 0.3) is 5.91 Å². The van der Waals surface area contributed by atoms with E-state index in [1.54, 1.807) is 18.2 Å². The molecule has 9 nitrogen and oxygen atoms in total. The largest absolute Gasteiger partial charge is 0.494 e. The van der Waals surface area contributed by atoms with Crippen LogP contribution in [0.15, 0.2) is 41.0 Å². The van der Waals surface area contributed by atoms with Crippen LogP contribution in [0.3, 0.4) is 0 Å². The molecule has 0 radical (unpaired) electrons. The topological polar surface area (TPSA) is 118 Å². The summed E-state index contributed by atoms with van der Waals surface area (Å²) in [5.74, 6) is -0.202. The van der Waals surface area contributed by atoms with E-state index in [0.29, 0.717) is 25.1 Å². The number of ether oxygens (including phenoxy) is 1. The van der Waals surface area contributed by atoms with Gasteiger partial charge in [0.05, 0.1) is 25.3 Å². The standard InChI is InChI=1S/C18H21N3O6S/c1-26-16-11-12(7-8-13(16)20-28(2,24)25)19-17(22)14-5-3-9-21(14)18(23)15-6-4-10-27-15/h4,6-8,10-11,14,20H,3,5,9H2,1-2H3,(H,19,22). The molecule has 1 atom stereocenters. The van der Waals surface area contributed by atoms with Gasteiger partial charge in [0.2, 0.25) is 15.9 Å². The fourth-order valence-electron chi connectivity index (χ4n) is 3.10. The third-order valence-corrected chi connectivity index (χ3v) is 4.90. The van der Waals surface area contributed by atoms with E-state index in [2.05, 4.69) is 10.0 Å². The predicted molar refractivity (Wildman–Crippen MR) is 103 cm³/mol. The number of furan rings is 1. The van der Waals surface area contributed by atoms with Crippen molar-refractivity contribution in [1.82, 2.24) is 4.90 Å². The van der Waals surface area contributed by atoms with E-state index in [-0.39, 0.29) is 29.0 Å². The number of anilines is 2. The number of nitrogens with one attached hydrogen (secondary N) is 2. The first-order chi connectivity index (χ1) is 13.3. The van der Waals surface area contributed by atoms with Crippen molar-refractivity contribution in [1.29, 1.82) is 0 Å². The van der Waals surface area contributed by atoms with Gasteiger partial charge in [-0.25, -0.2) is 8.42 Å². The number of carbonyl (C=O) groups excluding carboxylic acids is 2. The fraction of sp³-hybridized carbons (Fsp3) is 0.333. The van der Waals surface area contributed by atoms with Crippen molar-refractivity contribution in [2.45, 2.75) is 18.9 Å². The van der Waals surface area contributed by atoms with Crippen molar-refractivity contribution in [3.05, 3.63) is 42.4 Å². The van der Waals surface area contributed by atoms with Crippen molar-refractivity contribution >= 4 is 33.2 Å². The number of hydrogen-bond donors (Lipinski definition) is 2. The van der Waals surface area contributed by atoms with Crippen LogP contribution in [0.5, 0.6) is 5.75 Å². The van der Waals surface area contributed by atoms with E-state index in [1.807, 2.05) is 0 Å². The number of likely N-dealkylation sites (tertiary alicyclic amines) is 1. The highest BCUT2D eigenvalue weighted by Crippen LogP contribution is 2.29. The molecule has 0 saturated carbocycles. The maximum absolute atomic E-state index is 12.7. The van der Waals surface area contributed by atoms with Gasteiger partial charge in [0.15, 0.2) is 5.76 Å². The van der Waals surface area contributed by atoms with E-state index >= 15 is 0 Å². The van der Waals surface area contributed by atoms with Gasteiger partial charge in [0.1, 0.15) is 11.8 Å². The molecule has 1 aliphatic heterocycles. The Bertz CT molecular complexity index is 971. The zero-order valence-electron chi connectivity index (χ0n) is 15.5. The molecule has 1 fully saturated rings. The average Bonchev–Trinajstić information content (AvgIpc) is 3.33. The second-order valence-electron chi connectivity index (χ2n) is 6.41. The molecular weight excluding hydrogens is 386 g/mol. The highest BCUT2D eigenvalue weighted by Gasteiger charge is 2.35. The van der Waals surface area contributed by atoms with E-state index in [4.69, 9.17) is 9.15 Å². The zero-order valence-corrected chi connectivity index (χ0v) is 16.3. The normalized spacial score (nSPS) is 16.6. The lowest BCUT2D eigenvalue weighted by Gasteiger charge is -2.23. The molecule has 1 aliphatic rings. The first kappa shape index (κ1) is 19.7. The average molecular weight is 407 g/mol. The molecule has 1 unspecified atom stereocenters. The molecule has 0 spiro atoms. The van der Waals surface area contributed by atoms with Crippen molar-refractivity contribution < 1.29 is 27.2 Å². The molecule has 1 aromatic carbocycles. The summed E-state index contributed by atoms with van der Waals surface area (Å²) in [6.45, 7) is 0.470. The quantitative estimate of drug-likeness (QED) is 0.755. The highest BCUT2D eigenvalue weighted by atomic mass is 32.2. The van der Waals surface area contributed by atoms with Gasteiger partial charge in [-0.15, -0.1) is 0 Å². The van der Waals surface area contributed by atoms with Crippen LogP contribution in [0.1, 0.15) is 23.4 Å². The van der Waals surface area contributed by atoms with Crippen molar-refractivity contribution in [3.63, 3.8) is 0 Å². The molecule has 1 saturated heterocycles. The van der Waals surface area contributed by atoms with Gasteiger partial charge in [-0.05, 0) is 37.1 Å². The number of nitrogens with zero attached hydrogens (tertiary/aromatic N) is 1. The molecule has 0 aliphatic carbocycles. The van der Waals surface area contributed by atoms with Crippen molar-refractivity contribution in [3.8, 4) is 5.75 Å². The van der Waals surface area contributed by atoms with Gasteiger partial charge in [-0.1, -0.05) is 0 Å². The molecule has 2 heterocycles. The van der Waals surface area contributed by atoms with E-state index in [9.17, 15) is 18.0 Å². The lowest BCUT2D eigenvalue weighted by Crippen LogP contribution is -2.43. The summed E-state index contributed by atoms with van der Waals surface area (Å²) in [5, 5.41) is 2.76. The number of sulfonamides is 1.